The lowest BCUT2D eigenvalue weighted by molar-refractivity contribution is 1.08. The Balaban J connectivity index is 1.76. The van der Waals surface area contributed by atoms with Crippen molar-refractivity contribution < 1.29 is 0 Å². The molecule has 2 N–H and O–H groups in total. The standard InChI is InChI=1S/C22H21IN4/c1-24-18-9-3-16(4-10-18)7-13-20-15-21(27-22(23)26-20)14-8-17-5-11-19(25-2)12-6-17/h3-15,24-25H,1-2H3/b13-7+,14-8+. The molecule has 136 valence electrons. The quantitative estimate of drug-likeness (QED) is 0.370. The number of hydrogen-bond donors (Lipinski definition) is 2. The molecule has 0 unspecified atom stereocenters. The fourth-order valence-corrected chi connectivity index (χ4v) is 3.07. The monoisotopic (exact) mass is 468 g/mol. The van der Waals surface area contributed by atoms with Gasteiger partial charge in [0.15, 0.2) is 3.83 Å². The van der Waals surface area contributed by atoms with Crippen molar-refractivity contribution in [2.24, 2.45) is 0 Å². The summed E-state index contributed by atoms with van der Waals surface area (Å²) < 4.78 is 0.727. The van der Waals surface area contributed by atoms with Crippen LogP contribution in [0.3, 0.4) is 0 Å². The van der Waals surface area contributed by atoms with Crippen LogP contribution in [0.25, 0.3) is 24.3 Å². The van der Waals surface area contributed by atoms with E-state index in [4.69, 9.17) is 0 Å². The second-order valence-corrected chi connectivity index (χ2v) is 6.86. The van der Waals surface area contributed by atoms with Crippen LogP contribution in [0, 0.1) is 3.83 Å². The van der Waals surface area contributed by atoms with Gasteiger partial charge in [-0.25, -0.2) is 9.97 Å². The molecule has 0 spiro atoms. The number of rotatable bonds is 6. The van der Waals surface area contributed by atoms with Crippen molar-refractivity contribution in [1.82, 2.24) is 9.97 Å². The van der Waals surface area contributed by atoms with E-state index in [0.29, 0.717) is 0 Å². The van der Waals surface area contributed by atoms with Gasteiger partial charge in [0.1, 0.15) is 0 Å². The van der Waals surface area contributed by atoms with Gasteiger partial charge in [0.25, 0.3) is 0 Å². The summed E-state index contributed by atoms with van der Waals surface area (Å²) in [5.41, 5.74) is 6.22. The van der Waals surface area contributed by atoms with Crippen LogP contribution in [-0.4, -0.2) is 24.1 Å². The lowest BCUT2D eigenvalue weighted by atomic mass is 10.1. The zero-order valence-electron chi connectivity index (χ0n) is 15.3. The Morgan fingerprint density at radius 2 is 1.07 bits per heavy atom. The molecule has 0 atom stereocenters. The third kappa shape index (κ3) is 5.65. The summed E-state index contributed by atoms with van der Waals surface area (Å²) >= 11 is 2.15. The first-order valence-corrected chi connectivity index (χ1v) is 9.70. The van der Waals surface area contributed by atoms with Crippen LogP contribution in [0.4, 0.5) is 11.4 Å². The number of aromatic nitrogens is 2. The zero-order chi connectivity index (χ0) is 19.1. The largest absolute Gasteiger partial charge is 0.388 e. The molecule has 5 heteroatoms. The molecule has 2 aromatic carbocycles. The van der Waals surface area contributed by atoms with Crippen molar-refractivity contribution in [3.05, 3.63) is 80.9 Å². The maximum atomic E-state index is 4.49. The Morgan fingerprint density at radius 1 is 0.667 bits per heavy atom. The van der Waals surface area contributed by atoms with Gasteiger partial charge in [-0.2, -0.15) is 0 Å². The average molecular weight is 468 g/mol. The normalized spacial score (nSPS) is 11.2. The fourth-order valence-electron chi connectivity index (χ4n) is 2.51. The number of halogens is 1. The van der Waals surface area contributed by atoms with Crippen LogP contribution < -0.4 is 10.6 Å². The number of nitrogens with zero attached hydrogens (tertiary/aromatic N) is 2. The molecule has 0 radical (unpaired) electrons. The molecule has 3 rings (SSSR count). The average Bonchev–Trinajstić information content (AvgIpc) is 2.71. The highest BCUT2D eigenvalue weighted by molar-refractivity contribution is 14.1. The molecule has 0 aliphatic rings. The van der Waals surface area contributed by atoms with Crippen LogP contribution in [0.5, 0.6) is 0 Å². The van der Waals surface area contributed by atoms with Crippen LogP contribution in [-0.2, 0) is 0 Å². The Morgan fingerprint density at radius 3 is 1.44 bits per heavy atom. The highest BCUT2D eigenvalue weighted by Gasteiger charge is 1.99. The van der Waals surface area contributed by atoms with E-state index in [-0.39, 0.29) is 0 Å². The van der Waals surface area contributed by atoms with Crippen LogP contribution in [0.2, 0.25) is 0 Å². The Kier molecular flexibility index (Phi) is 6.59. The topological polar surface area (TPSA) is 49.8 Å². The summed E-state index contributed by atoms with van der Waals surface area (Å²) in [4.78, 5) is 8.99. The maximum absolute atomic E-state index is 4.49. The van der Waals surface area contributed by atoms with E-state index < -0.39 is 0 Å². The van der Waals surface area contributed by atoms with Crippen LogP contribution in [0.1, 0.15) is 22.5 Å². The van der Waals surface area contributed by atoms with Gasteiger partial charge in [-0.3, -0.25) is 0 Å². The summed E-state index contributed by atoms with van der Waals surface area (Å²) in [6, 6.07) is 18.5. The molecule has 0 saturated heterocycles. The van der Waals surface area contributed by atoms with E-state index in [2.05, 4.69) is 104 Å². The molecule has 1 aromatic heterocycles. The van der Waals surface area contributed by atoms with Crippen molar-refractivity contribution in [2.45, 2.75) is 0 Å². The van der Waals surface area contributed by atoms with E-state index in [1.807, 2.05) is 32.3 Å². The summed E-state index contributed by atoms with van der Waals surface area (Å²) in [5.74, 6) is 0. The van der Waals surface area contributed by atoms with E-state index in [0.717, 1.165) is 37.7 Å². The van der Waals surface area contributed by atoms with Gasteiger partial charge >= 0.3 is 0 Å². The van der Waals surface area contributed by atoms with E-state index >= 15 is 0 Å². The first-order chi connectivity index (χ1) is 13.2. The van der Waals surface area contributed by atoms with Crippen molar-refractivity contribution in [3.63, 3.8) is 0 Å². The van der Waals surface area contributed by atoms with Crippen molar-refractivity contribution in [3.8, 4) is 0 Å². The predicted molar refractivity (Wildman–Crippen MR) is 125 cm³/mol. The number of anilines is 2. The summed E-state index contributed by atoms with van der Waals surface area (Å²) in [7, 11) is 3.83. The molecule has 4 nitrogen and oxygen atoms in total. The molecule has 0 saturated carbocycles. The van der Waals surface area contributed by atoms with Gasteiger partial charge in [-0.15, -0.1) is 0 Å². The smallest absolute Gasteiger partial charge is 0.191 e. The zero-order valence-corrected chi connectivity index (χ0v) is 17.4. The third-order valence-corrected chi connectivity index (χ3v) is 4.51. The molecule has 0 aliphatic carbocycles. The Bertz CT molecular complexity index is 869. The SMILES string of the molecule is CNc1ccc(/C=C/c2cc(/C=C/c3ccc(NC)cc3)nc(I)n2)cc1. The van der Waals surface area contributed by atoms with E-state index in [1.165, 1.54) is 0 Å². The highest BCUT2D eigenvalue weighted by atomic mass is 127. The Hall–Kier alpha value is -2.67. The minimum absolute atomic E-state index is 0.727. The Labute approximate surface area is 173 Å². The molecule has 0 fully saturated rings. The minimum Gasteiger partial charge on any atom is -0.388 e. The molecule has 0 aliphatic heterocycles. The summed E-state index contributed by atoms with van der Waals surface area (Å²) in [6.07, 6.45) is 8.14. The second kappa shape index (κ2) is 9.32. The lowest BCUT2D eigenvalue weighted by Gasteiger charge is -2.01. The minimum atomic E-state index is 0.727. The molecule has 3 aromatic rings. The number of nitrogens with one attached hydrogen (secondary N) is 2. The van der Waals surface area contributed by atoms with Crippen LogP contribution in [0.15, 0.2) is 54.6 Å². The van der Waals surface area contributed by atoms with Gasteiger partial charge in [-0.1, -0.05) is 36.4 Å². The molecule has 1 heterocycles. The van der Waals surface area contributed by atoms with Gasteiger partial charge in [-0.05, 0) is 53.6 Å². The third-order valence-electron chi connectivity index (χ3n) is 4.03. The lowest BCUT2D eigenvalue weighted by Crippen LogP contribution is -1.93. The van der Waals surface area contributed by atoms with Crippen molar-refractivity contribution >= 4 is 58.3 Å². The predicted octanol–water partition coefficient (Wildman–Crippen LogP) is 5.51. The summed E-state index contributed by atoms with van der Waals surface area (Å²) in [6.45, 7) is 0. The number of benzene rings is 2. The van der Waals surface area contributed by atoms with E-state index in [1.54, 1.807) is 0 Å². The van der Waals surface area contributed by atoms with Gasteiger partial charge < -0.3 is 10.6 Å². The first kappa shape index (κ1) is 19.1. The molecule has 0 amide bonds. The second-order valence-electron chi connectivity index (χ2n) is 5.90. The maximum Gasteiger partial charge on any atom is 0.191 e. The van der Waals surface area contributed by atoms with E-state index in [9.17, 15) is 0 Å². The van der Waals surface area contributed by atoms with Gasteiger partial charge in [0.05, 0.1) is 11.4 Å². The first-order valence-electron chi connectivity index (χ1n) is 8.62. The molecule has 0 bridgehead atoms. The van der Waals surface area contributed by atoms with Gasteiger partial charge in [0.2, 0.25) is 0 Å². The molecular weight excluding hydrogens is 447 g/mol. The molecular formula is C22H21IN4. The highest BCUT2D eigenvalue weighted by Crippen LogP contribution is 2.15. The van der Waals surface area contributed by atoms with Crippen molar-refractivity contribution in [1.29, 1.82) is 0 Å². The number of hydrogen-bond acceptors (Lipinski definition) is 4. The summed E-state index contributed by atoms with van der Waals surface area (Å²) in [5, 5.41) is 6.24. The van der Waals surface area contributed by atoms with Gasteiger partial charge in [0, 0.05) is 48.1 Å². The van der Waals surface area contributed by atoms with Crippen LogP contribution >= 0.6 is 22.6 Å². The van der Waals surface area contributed by atoms with Crippen molar-refractivity contribution in [2.75, 3.05) is 24.7 Å². The fraction of sp³-hybridized carbons (Fsp3) is 0.0909. The molecule has 27 heavy (non-hydrogen) atoms.